The molecule has 0 radical (unpaired) electrons. The minimum atomic E-state index is 0.890. The molecule has 4 heteroatoms. The molecule has 1 aromatic carbocycles. The molecule has 1 aromatic heterocycles. The molecule has 1 fully saturated rings. The Morgan fingerprint density at radius 3 is 2.57 bits per heavy atom. The number of methoxy groups -OCH3 is 1. The molecule has 112 valence electrons. The summed E-state index contributed by atoms with van der Waals surface area (Å²) in [5.41, 5.74) is 3.40. The molecule has 0 amide bonds. The monoisotopic (exact) mass is 285 g/mol. The molecule has 1 aliphatic heterocycles. The van der Waals surface area contributed by atoms with Crippen LogP contribution in [0.25, 0.3) is 10.9 Å². The number of hydrogen-bond donors (Lipinski definition) is 0. The van der Waals surface area contributed by atoms with Crippen LogP contribution in [0.5, 0.6) is 5.75 Å². The second-order valence-electron chi connectivity index (χ2n) is 5.59. The van der Waals surface area contributed by atoms with Gasteiger partial charge in [0.2, 0.25) is 0 Å². The van der Waals surface area contributed by atoms with E-state index in [1.165, 1.54) is 11.1 Å². The maximum absolute atomic E-state index is 5.37. The molecule has 0 aliphatic carbocycles. The van der Waals surface area contributed by atoms with Gasteiger partial charge in [-0.2, -0.15) is 0 Å². The van der Waals surface area contributed by atoms with Crippen molar-refractivity contribution >= 4 is 16.6 Å². The van der Waals surface area contributed by atoms with E-state index in [0.717, 1.165) is 49.7 Å². The normalized spacial score (nSPS) is 16.4. The Morgan fingerprint density at radius 2 is 1.90 bits per heavy atom. The second-order valence-corrected chi connectivity index (χ2v) is 5.59. The molecule has 0 spiro atoms. The molecule has 0 bridgehead atoms. The first-order valence-electron chi connectivity index (χ1n) is 7.64. The maximum Gasteiger partial charge on any atom is 0.119 e. The molecular formula is C17H23N3O. The first-order valence-corrected chi connectivity index (χ1v) is 7.64. The number of anilines is 1. The zero-order chi connectivity index (χ0) is 14.8. The number of piperazine rings is 1. The SMILES string of the molecule is CCN1CCN(c2cc(C)nc3ccc(OC)cc23)CC1. The van der Waals surface area contributed by atoms with Gasteiger partial charge < -0.3 is 14.5 Å². The van der Waals surface area contributed by atoms with Crippen molar-refractivity contribution in [1.29, 1.82) is 0 Å². The first-order chi connectivity index (χ1) is 10.2. The van der Waals surface area contributed by atoms with E-state index in [0.29, 0.717) is 0 Å². The van der Waals surface area contributed by atoms with Crippen molar-refractivity contribution in [1.82, 2.24) is 9.88 Å². The van der Waals surface area contributed by atoms with E-state index in [1.807, 2.05) is 12.1 Å². The van der Waals surface area contributed by atoms with Gasteiger partial charge in [-0.15, -0.1) is 0 Å². The highest BCUT2D eigenvalue weighted by Gasteiger charge is 2.18. The average Bonchev–Trinajstić information content (AvgIpc) is 2.53. The fourth-order valence-electron chi connectivity index (χ4n) is 3.01. The molecule has 0 atom stereocenters. The number of hydrogen-bond acceptors (Lipinski definition) is 4. The Bertz CT molecular complexity index is 633. The lowest BCUT2D eigenvalue weighted by atomic mass is 10.1. The van der Waals surface area contributed by atoms with Crippen molar-refractivity contribution in [3.63, 3.8) is 0 Å². The van der Waals surface area contributed by atoms with Gasteiger partial charge in [0, 0.05) is 42.9 Å². The Labute approximate surface area is 126 Å². The fraction of sp³-hybridized carbons (Fsp3) is 0.471. The van der Waals surface area contributed by atoms with Gasteiger partial charge in [0.25, 0.3) is 0 Å². The maximum atomic E-state index is 5.37. The second kappa shape index (κ2) is 5.90. The molecule has 1 saturated heterocycles. The Hall–Kier alpha value is -1.81. The Morgan fingerprint density at radius 1 is 1.14 bits per heavy atom. The number of pyridine rings is 1. The minimum absolute atomic E-state index is 0.890. The van der Waals surface area contributed by atoms with Crippen molar-refractivity contribution in [3.05, 3.63) is 30.0 Å². The molecule has 3 rings (SSSR count). The van der Waals surface area contributed by atoms with Crippen LogP contribution in [-0.4, -0.2) is 49.7 Å². The molecule has 1 aliphatic rings. The number of likely N-dealkylation sites (N-methyl/N-ethyl adjacent to an activating group) is 1. The highest BCUT2D eigenvalue weighted by Crippen LogP contribution is 2.30. The summed E-state index contributed by atoms with van der Waals surface area (Å²) in [5.74, 6) is 0.890. The third kappa shape index (κ3) is 2.81. The summed E-state index contributed by atoms with van der Waals surface area (Å²) >= 11 is 0. The number of fused-ring (bicyclic) bond motifs is 1. The number of nitrogens with zero attached hydrogens (tertiary/aromatic N) is 3. The van der Waals surface area contributed by atoms with Gasteiger partial charge in [0.1, 0.15) is 5.75 Å². The molecular weight excluding hydrogens is 262 g/mol. The molecule has 2 heterocycles. The average molecular weight is 285 g/mol. The van der Waals surface area contributed by atoms with Gasteiger partial charge in [-0.25, -0.2) is 0 Å². The Balaban J connectivity index is 2.00. The van der Waals surface area contributed by atoms with Crippen LogP contribution in [0.15, 0.2) is 24.3 Å². The van der Waals surface area contributed by atoms with Gasteiger partial charge in [-0.3, -0.25) is 4.98 Å². The van der Waals surface area contributed by atoms with Crippen LogP contribution in [0.2, 0.25) is 0 Å². The number of benzene rings is 1. The van der Waals surface area contributed by atoms with Crippen molar-refractivity contribution in [3.8, 4) is 5.75 Å². The van der Waals surface area contributed by atoms with Crippen molar-refractivity contribution in [2.24, 2.45) is 0 Å². The van der Waals surface area contributed by atoms with Crippen LogP contribution in [0.4, 0.5) is 5.69 Å². The lowest BCUT2D eigenvalue weighted by Gasteiger charge is -2.36. The summed E-state index contributed by atoms with van der Waals surface area (Å²) < 4.78 is 5.37. The molecule has 4 nitrogen and oxygen atoms in total. The predicted octanol–water partition coefficient (Wildman–Crippen LogP) is 2.69. The van der Waals surface area contributed by atoms with Gasteiger partial charge in [0.05, 0.1) is 12.6 Å². The van der Waals surface area contributed by atoms with E-state index in [-0.39, 0.29) is 0 Å². The molecule has 0 unspecified atom stereocenters. The lowest BCUT2D eigenvalue weighted by Crippen LogP contribution is -2.46. The van der Waals surface area contributed by atoms with Crippen LogP contribution in [0.1, 0.15) is 12.6 Å². The highest BCUT2D eigenvalue weighted by atomic mass is 16.5. The smallest absolute Gasteiger partial charge is 0.119 e. The number of ether oxygens (including phenoxy) is 1. The van der Waals surface area contributed by atoms with Gasteiger partial charge >= 0.3 is 0 Å². The molecule has 0 saturated carbocycles. The van der Waals surface area contributed by atoms with Crippen LogP contribution in [-0.2, 0) is 0 Å². The quantitative estimate of drug-likeness (QED) is 0.867. The number of rotatable bonds is 3. The van der Waals surface area contributed by atoms with Crippen LogP contribution in [0.3, 0.4) is 0 Å². The lowest BCUT2D eigenvalue weighted by molar-refractivity contribution is 0.271. The topological polar surface area (TPSA) is 28.6 Å². The standard InChI is InChI=1S/C17H23N3O/c1-4-19-7-9-20(10-8-19)17-11-13(2)18-16-6-5-14(21-3)12-15(16)17/h5-6,11-12H,4,7-10H2,1-3H3. The number of aryl methyl sites for hydroxylation is 1. The van der Waals surface area contributed by atoms with Crippen LogP contribution in [0, 0.1) is 6.92 Å². The third-order valence-electron chi connectivity index (χ3n) is 4.28. The van der Waals surface area contributed by atoms with Gasteiger partial charge in [-0.1, -0.05) is 6.92 Å². The molecule has 21 heavy (non-hydrogen) atoms. The summed E-state index contributed by atoms with van der Waals surface area (Å²) in [5, 5.41) is 1.19. The predicted molar refractivity (Wildman–Crippen MR) is 87.4 cm³/mol. The van der Waals surface area contributed by atoms with E-state index in [2.05, 4.69) is 40.8 Å². The molecule has 0 N–H and O–H groups in total. The van der Waals surface area contributed by atoms with Gasteiger partial charge in [-0.05, 0) is 37.7 Å². The number of aromatic nitrogens is 1. The summed E-state index contributed by atoms with van der Waals surface area (Å²) in [7, 11) is 1.71. The summed E-state index contributed by atoms with van der Waals surface area (Å²) in [6.07, 6.45) is 0. The zero-order valence-electron chi connectivity index (χ0n) is 13.1. The van der Waals surface area contributed by atoms with E-state index in [9.17, 15) is 0 Å². The summed E-state index contributed by atoms with van der Waals surface area (Å²) in [4.78, 5) is 9.61. The van der Waals surface area contributed by atoms with E-state index in [1.54, 1.807) is 7.11 Å². The fourth-order valence-corrected chi connectivity index (χ4v) is 3.01. The highest BCUT2D eigenvalue weighted by molar-refractivity contribution is 5.93. The zero-order valence-corrected chi connectivity index (χ0v) is 13.1. The van der Waals surface area contributed by atoms with Crippen LogP contribution >= 0.6 is 0 Å². The first kappa shape index (κ1) is 14.1. The van der Waals surface area contributed by atoms with Crippen molar-refractivity contribution in [2.75, 3.05) is 44.7 Å². The summed E-state index contributed by atoms with van der Waals surface area (Å²) in [6, 6.07) is 8.33. The van der Waals surface area contributed by atoms with Gasteiger partial charge in [0.15, 0.2) is 0 Å². The van der Waals surface area contributed by atoms with Crippen molar-refractivity contribution in [2.45, 2.75) is 13.8 Å². The minimum Gasteiger partial charge on any atom is -0.497 e. The van der Waals surface area contributed by atoms with Crippen molar-refractivity contribution < 1.29 is 4.74 Å². The van der Waals surface area contributed by atoms with Crippen LogP contribution < -0.4 is 9.64 Å². The third-order valence-corrected chi connectivity index (χ3v) is 4.28. The van der Waals surface area contributed by atoms with E-state index < -0.39 is 0 Å². The van der Waals surface area contributed by atoms with E-state index >= 15 is 0 Å². The Kier molecular flexibility index (Phi) is 3.97. The summed E-state index contributed by atoms with van der Waals surface area (Å²) in [6.45, 7) is 9.83. The largest absolute Gasteiger partial charge is 0.497 e. The van der Waals surface area contributed by atoms with E-state index in [4.69, 9.17) is 4.74 Å². The molecule has 2 aromatic rings.